The summed E-state index contributed by atoms with van der Waals surface area (Å²) in [4.78, 5) is 26.3. The van der Waals surface area contributed by atoms with Gasteiger partial charge in [0.05, 0.1) is 11.5 Å². The molecule has 0 atom stereocenters. The number of hydrazine groups is 1. The molecule has 1 aromatic heterocycles. The number of hydrogen-bond acceptors (Lipinski definition) is 4. The van der Waals surface area contributed by atoms with Crippen LogP contribution in [0.2, 0.25) is 0 Å². The van der Waals surface area contributed by atoms with Crippen molar-refractivity contribution in [3.63, 3.8) is 0 Å². The smallest absolute Gasteiger partial charge is 0.279 e. The molecule has 0 spiro atoms. The highest BCUT2D eigenvalue weighted by molar-refractivity contribution is 7.14. The third-order valence-corrected chi connectivity index (χ3v) is 5.90. The lowest BCUT2D eigenvalue weighted by atomic mass is 10.1. The van der Waals surface area contributed by atoms with E-state index in [0.29, 0.717) is 24.3 Å². The lowest BCUT2D eigenvalue weighted by molar-refractivity contribution is -0.121. The fourth-order valence-electron chi connectivity index (χ4n) is 3.21. The summed E-state index contributed by atoms with van der Waals surface area (Å²) >= 11 is 1.55. The van der Waals surface area contributed by atoms with Crippen LogP contribution in [0.25, 0.3) is 0 Å². The zero-order valence-electron chi connectivity index (χ0n) is 15.7. The molecule has 1 aliphatic carbocycles. The Morgan fingerprint density at radius 1 is 1.07 bits per heavy atom. The average Bonchev–Trinajstić information content (AvgIpc) is 2.96. The van der Waals surface area contributed by atoms with E-state index in [1.54, 1.807) is 11.3 Å². The van der Waals surface area contributed by atoms with Crippen LogP contribution in [0.15, 0.2) is 30.3 Å². The molecular weight excluding hydrogens is 360 g/mol. The minimum absolute atomic E-state index is 0.199. The molecule has 3 rings (SSSR count). The fraction of sp³-hybridized carbons (Fsp3) is 0.429. The first-order valence-corrected chi connectivity index (χ1v) is 10.4. The molecule has 0 radical (unpaired) electrons. The van der Waals surface area contributed by atoms with Gasteiger partial charge in [-0.25, -0.2) is 0 Å². The van der Waals surface area contributed by atoms with Crippen molar-refractivity contribution in [3.05, 3.63) is 51.2 Å². The van der Waals surface area contributed by atoms with Crippen LogP contribution in [-0.4, -0.2) is 18.4 Å². The molecule has 6 heteroatoms. The molecule has 5 nitrogen and oxygen atoms in total. The molecule has 1 aromatic carbocycles. The van der Waals surface area contributed by atoms with E-state index in [1.165, 1.54) is 29.7 Å². The number of hydrogen-bond donors (Lipinski definition) is 2. The van der Waals surface area contributed by atoms with Crippen LogP contribution >= 0.6 is 11.3 Å². The second-order valence-electron chi connectivity index (χ2n) is 6.70. The molecule has 0 aliphatic heterocycles. The van der Waals surface area contributed by atoms with Crippen LogP contribution in [0.5, 0.6) is 5.75 Å². The van der Waals surface area contributed by atoms with E-state index in [0.717, 1.165) is 24.2 Å². The van der Waals surface area contributed by atoms with Crippen LogP contribution in [0.1, 0.15) is 58.3 Å². The van der Waals surface area contributed by atoms with E-state index in [9.17, 15) is 9.59 Å². The van der Waals surface area contributed by atoms with Crippen LogP contribution in [-0.2, 0) is 24.1 Å². The van der Waals surface area contributed by atoms with Gasteiger partial charge in [0.1, 0.15) is 5.75 Å². The van der Waals surface area contributed by atoms with Gasteiger partial charge in [-0.1, -0.05) is 18.6 Å². The van der Waals surface area contributed by atoms with Crippen LogP contribution in [0.3, 0.4) is 0 Å². The van der Waals surface area contributed by atoms with Crippen LogP contribution in [0.4, 0.5) is 0 Å². The maximum atomic E-state index is 12.3. The van der Waals surface area contributed by atoms with Crippen molar-refractivity contribution in [2.75, 3.05) is 6.61 Å². The maximum absolute atomic E-state index is 12.3. The number of fused-ring (bicyclic) bond motifs is 1. The largest absolute Gasteiger partial charge is 0.494 e. The highest BCUT2D eigenvalue weighted by atomic mass is 32.1. The number of ether oxygens (including phenoxy) is 1. The first kappa shape index (κ1) is 19.4. The summed E-state index contributed by atoms with van der Waals surface area (Å²) in [5, 5.41) is 0. The Hall–Kier alpha value is -2.34. The highest BCUT2D eigenvalue weighted by Gasteiger charge is 2.16. The van der Waals surface area contributed by atoms with Crippen molar-refractivity contribution >= 4 is 23.2 Å². The predicted molar refractivity (Wildman–Crippen MR) is 107 cm³/mol. The zero-order valence-corrected chi connectivity index (χ0v) is 16.5. The van der Waals surface area contributed by atoms with E-state index in [1.807, 2.05) is 37.3 Å². The third kappa shape index (κ3) is 5.57. The van der Waals surface area contributed by atoms with Crippen molar-refractivity contribution < 1.29 is 14.3 Å². The molecule has 2 amide bonds. The van der Waals surface area contributed by atoms with Gasteiger partial charge >= 0.3 is 0 Å². The summed E-state index contributed by atoms with van der Waals surface area (Å²) < 4.78 is 5.40. The molecule has 0 fully saturated rings. The van der Waals surface area contributed by atoms with Gasteiger partial charge in [-0.2, -0.15) is 0 Å². The van der Waals surface area contributed by atoms with Gasteiger partial charge in [-0.05, 0) is 68.4 Å². The van der Waals surface area contributed by atoms with E-state index < -0.39 is 0 Å². The lowest BCUT2D eigenvalue weighted by Gasteiger charge is -2.07. The zero-order chi connectivity index (χ0) is 19.1. The number of thiophene rings is 1. The standard InChI is InChI=1S/C21H26N2O3S/c1-2-26-17-11-8-15(9-12-17)10-13-20(24)22-23-21(25)19-14-16-6-4-3-5-7-18(16)27-19/h8-9,11-12,14H,2-7,10,13H2,1H3,(H,22,24)(H,23,25). The van der Waals surface area contributed by atoms with Gasteiger partial charge in [0.15, 0.2) is 0 Å². The summed E-state index contributed by atoms with van der Waals surface area (Å²) in [6.45, 7) is 2.58. The topological polar surface area (TPSA) is 67.4 Å². The van der Waals surface area contributed by atoms with Gasteiger partial charge in [0.2, 0.25) is 5.91 Å². The molecule has 2 aromatic rings. The summed E-state index contributed by atoms with van der Waals surface area (Å²) in [5.74, 6) is 0.394. The van der Waals surface area contributed by atoms with Gasteiger partial charge in [-0.15, -0.1) is 11.3 Å². The maximum Gasteiger partial charge on any atom is 0.279 e. The molecule has 0 bridgehead atoms. The lowest BCUT2D eigenvalue weighted by Crippen LogP contribution is -2.41. The summed E-state index contributed by atoms with van der Waals surface area (Å²) in [6, 6.07) is 9.69. The molecule has 27 heavy (non-hydrogen) atoms. The number of carbonyl (C=O) groups excluding carboxylic acids is 2. The number of carbonyl (C=O) groups is 2. The Morgan fingerprint density at radius 2 is 1.85 bits per heavy atom. The number of amides is 2. The third-order valence-electron chi connectivity index (χ3n) is 4.66. The van der Waals surface area contributed by atoms with Gasteiger partial charge in [-0.3, -0.25) is 20.4 Å². The van der Waals surface area contributed by atoms with E-state index in [2.05, 4.69) is 10.9 Å². The number of aryl methyl sites for hydroxylation is 3. The van der Waals surface area contributed by atoms with Crippen molar-refractivity contribution in [1.82, 2.24) is 10.9 Å². The minimum atomic E-state index is -0.234. The Kier molecular flexibility index (Phi) is 6.87. The van der Waals surface area contributed by atoms with Crippen molar-refractivity contribution in [3.8, 4) is 5.75 Å². The predicted octanol–water partition coefficient (Wildman–Crippen LogP) is 3.81. The van der Waals surface area contributed by atoms with Crippen molar-refractivity contribution in [2.45, 2.75) is 51.9 Å². The first-order valence-electron chi connectivity index (χ1n) is 9.58. The molecular formula is C21H26N2O3S. The van der Waals surface area contributed by atoms with Crippen LogP contribution < -0.4 is 15.6 Å². The molecule has 0 saturated heterocycles. The van der Waals surface area contributed by atoms with E-state index in [-0.39, 0.29) is 11.8 Å². The van der Waals surface area contributed by atoms with E-state index in [4.69, 9.17) is 4.74 Å². The molecule has 2 N–H and O–H groups in total. The van der Waals surface area contributed by atoms with Gasteiger partial charge in [0.25, 0.3) is 5.91 Å². The van der Waals surface area contributed by atoms with Crippen LogP contribution in [0, 0.1) is 0 Å². The Balaban J connectivity index is 1.44. The molecule has 1 heterocycles. The summed E-state index contributed by atoms with van der Waals surface area (Å²) in [6.07, 6.45) is 6.67. The molecule has 0 saturated carbocycles. The van der Waals surface area contributed by atoms with Gasteiger partial charge < -0.3 is 4.74 Å². The monoisotopic (exact) mass is 386 g/mol. The second-order valence-corrected chi connectivity index (χ2v) is 7.84. The molecule has 144 valence electrons. The number of nitrogens with one attached hydrogen (secondary N) is 2. The average molecular weight is 387 g/mol. The summed E-state index contributed by atoms with van der Waals surface area (Å²) in [5.41, 5.74) is 7.41. The SMILES string of the molecule is CCOc1ccc(CCC(=O)NNC(=O)c2cc3c(s2)CCCCC3)cc1. The first-order chi connectivity index (χ1) is 13.2. The van der Waals surface area contributed by atoms with E-state index >= 15 is 0 Å². The highest BCUT2D eigenvalue weighted by Crippen LogP contribution is 2.28. The number of rotatable bonds is 6. The Morgan fingerprint density at radius 3 is 2.63 bits per heavy atom. The molecule has 1 aliphatic rings. The minimum Gasteiger partial charge on any atom is -0.494 e. The van der Waals surface area contributed by atoms with Gasteiger partial charge in [0, 0.05) is 11.3 Å². The van der Waals surface area contributed by atoms with Crippen molar-refractivity contribution in [1.29, 1.82) is 0 Å². The Labute approximate surface area is 164 Å². The summed E-state index contributed by atoms with van der Waals surface area (Å²) in [7, 11) is 0. The fourth-order valence-corrected chi connectivity index (χ4v) is 4.36. The quantitative estimate of drug-likeness (QED) is 0.586. The Bertz CT molecular complexity index is 760. The molecule has 0 unspecified atom stereocenters. The normalized spacial score (nSPS) is 13.4. The van der Waals surface area contributed by atoms with Crippen molar-refractivity contribution in [2.24, 2.45) is 0 Å². The number of benzene rings is 1. The second kappa shape index (κ2) is 9.55.